The van der Waals surface area contributed by atoms with Crippen LogP contribution in [0.5, 0.6) is 5.75 Å². The third-order valence-corrected chi connectivity index (χ3v) is 3.37. The van der Waals surface area contributed by atoms with Gasteiger partial charge in [0.2, 0.25) is 5.39 Å². The van der Waals surface area contributed by atoms with E-state index in [0.29, 0.717) is 5.56 Å². The second-order valence-electron chi connectivity index (χ2n) is 7.72. The van der Waals surface area contributed by atoms with E-state index < -0.39 is 46.1 Å². The molecule has 3 nitrogen and oxygen atoms in total. The van der Waals surface area contributed by atoms with E-state index in [1.807, 2.05) is 20.8 Å². The number of nitrogens with zero attached hydrogens (tertiary/aromatic N) is 2. The molecule has 0 aliphatic rings. The summed E-state index contributed by atoms with van der Waals surface area (Å²) in [5.41, 5.74) is 1.46. The Bertz CT molecular complexity index is 1080. The molecule has 2 aromatic rings. The SMILES string of the molecule is CC(C)(C)c1ccc([N+]#N)c(-c2ccccc2OC(F)(F)F)c1.[F][Sb-]([F])([F])([F])([F])[F].[F][Sb]([F])([F])([F])[F]. The summed E-state index contributed by atoms with van der Waals surface area (Å²) in [7, 11) is 0. The summed E-state index contributed by atoms with van der Waals surface area (Å²) in [6, 6.07) is 10.8. The number of hydrogen-bond donors (Lipinski definition) is 0. The van der Waals surface area contributed by atoms with Crippen LogP contribution in [0.4, 0.5) is 49.8 Å². The van der Waals surface area contributed by atoms with E-state index in [2.05, 4.69) is 9.71 Å². The summed E-state index contributed by atoms with van der Waals surface area (Å²) in [4.78, 5) is 3.17. The van der Waals surface area contributed by atoms with Crippen LogP contribution in [0, 0.1) is 5.39 Å². The molecule has 0 aromatic heterocycles. The van der Waals surface area contributed by atoms with Gasteiger partial charge in [0.15, 0.2) is 4.98 Å². The van der Waals surface area contributed by atoms with Gasteiger partial charge in [0.05, 0.1) is 5.56 Å². The molecule has 0 aliphatic heterocycles. The Morgan fingerprint density at radius 2 is 1.19 bits per heavy atom. The number of ether oxygens (including phenoxy) is 1. The third-order valence-electron chi connectivity index (χ3n) is 3.37. The number of benzene rings is 2. The van der Waals surface area contributed by atoms with Gasteiger partial charge in [0.1, 0.15) is 5.75 Å². The van der Waals surface area contributed by atoms with Crippen LogP contribution < -0.4 is 4.74 Å². The van der Waals surface area contributed by atoms with Gasteiger partial charge < -0.3 is 4.74 Å². The maximum atomic E-state index is 12.6. The molecular formula is C17H16F14N2OSb2. The Kier molecular flexibility index (Phi) is 9.43. The molecule has 0 atom stereocenters. The molecule has 0 spiro atoms. The summed E-state index contributed by atoms with van der Waals surface area (Å²) in [5, 5.41) is 9.16. The number of hydrogen-bond acceptors (Lipinski definition) is 2. The van der Waals surface area contributed by atoms with Crippen LogP contribution in [0.15, 0.2) is 42.5 Å². The Hall–Kier alpha value is -1.68. The molecule has 0 radical (unpaired) electrons. The van der Waals surface area contributed by atoms with E-state index in [4.69, 9.17) is 5.39 Å². The fourth-order valence-corrected chi connectivity index (χ4v) is 2.21. The fourth-order valence-electron chi connectivity index (χ4n) is 2.21. The zero-order valence-electron chi connectivity index (χ0n) is 18.0. The molecule has 0 saturated heterocycles. The van der Waals surface area contributed by atoms with Crippen molar-refractivity contribution in [3.8, 4) is 16.9 Å². The van der Waals surface area contributed by atoms with Crippen LogP contribution in [0.2, 0.25) is 0 Å². The predicted octanol–water partition coefficient (Wildman–Crippen LogP) is 9.89. The predicted molar refractivity (Wildman–Crippen MR) is 106 cm³/mol. The van der Waals surface area contributed by atoms with Crippen LogP contribution in [0.25, 0.3) is 16.1 Å². The van der Waals surface area contributed by atoms with Crippen molar-refractivity contribution in [2.45, 2.75) is 32.5 Å². The second-order valence-corrected chi connectivity index (χ2v) is 16.8. The van der Waals surface area contributed by atoms with Crippen molar-refractivity contribution in [1.82, 2.24) is 0 Å². The molecule has 0 saturated carbocycles. The number of alkyl halides is 3. The first-order valence-electron chi connectivity index (χ1n) is 8.82. The van der Waals surface area contributed by atoms with Crippen LogP contribution in [-0.2, 0) is 5.41 Å². The molecule has 19 heteroatoms. The average molecular weight is 774 g/mol. The molecule has 2 aromatic carbocycles. The monoisotopic (exact) mass is 772 g/mol. The quantitative estimate of drug-likeness (QED) is 0.173. The van der Waals surface area contributed by atoms with Crippen molar-refractivity contribution >= 4 is 45.5 Å². The summed E-state index contributed by atoms with van der Waals surface area (Å²) in [6.07, 6.45) is -4.80. The van der Waals surface area contributed by atoms with E-state index in [9.17, 15) is 44.1 Å². The molecule has 0 heterocycles. The fraction of sp³-hybridized carbons (Fsp3) is 0.294. The zero-order chi connectivity index (χ0) is 29.1. The summed E-state index contributed by atoms with van der Waals surface area (Å²) in [6.45, 7) is 5.96. The standard InChI is InChI=1S/C17H16F3N2O.11FH.2Sb/c1-16(2,3)11-8-9-14(22-21)13(10-11)12-6-4-5-7-15(12)23-17(18,19)20;;;;;;;;;;;;;/h4-10H,1-3H3;11*1H;;/q+1;;;;;;;;;;;;2*+5/p-11. The van der Waals surface area contributed by atoms with E-state index in [1.165, 1.54) is 18.2 Å². The van der Waals surface area contributed by atoms with Crippen LogP contribution in [0.1, 0.15) is 26.3 Å². The van der Waals surface area contributed by atoms with Crippen molar-refractivity contribution in [1.29, 1.82) is 5.39 Å². The van der Waals surface area contributed by atoms with Gasteiger partial charge >= 0.3 is 82.8 Å². The molecule has 0 N–H and O–H groups in total. The Morgan fingerprint density at radius 1 is 0.778 bits per heavy atom. The summed E-state index contributed by atoms with van der Waals surface area (Å²) < 4.78 is 151. The molecule has 2 rings (SSSR count). The third kappa shape index (κ3) is 20.5. The first-order valence-corrected chi connectivity index (χ1v) is 19.4. The topological polar surface area (TPSA) is 37.4 Å². The van der Waals surface area contributed by atoms with E-state index in [1.54, 1.807) is 24.3 Å². The van der Waals surface area contributed by atoms with Gasteiger partial charge in [0, 0.05) is 11.6 Å². The molecule has 0 amide bonds. The molecule has 0 unspecified atom stereocenters. The number of diazo groups is 1. The molecule has 0 aliphatic carbocycles. The van der Waals surface area contributed by atoms with Crippen molar-refractivity contribution in [3.63, 3.8) is 0 Å². The van der Waals surface area contributed by atoms with Gasteiger partial charge in [-0.05, 0) is 23.1 Å². The number of halogens is 14. The number of para-hydroxylation sites is 1. The molecule has 0 bridgehead atoms. The molecular weight excluding hydrogens is 758 g/mol. The molecule has 0 fully saturated rings. The van der Waals surface area contributed by atoms with Crippen molar-refractivity contribution < 1.29 is 48.9 Å². The van der Waals surface area contributed by atoms with Crippen molar-refractivity contribution in [2.75, 3.05) is 0 Å². The van der Waals surface area contributed by atoms with Crippen LogP contribution >= 0.6 is 0 Å². The maximum absolute atomic E-state index is 12.6. The second kappa shape index (κ2) is 9.89. The van der Waals surface area contributed by atoms with E-state index in [-0.39, 0.29) is 22.4 Å². The first kappa shape index (κ1) is 34.3. The van der Waals surface area contributed by atoms with Gasteiger partial charge in [-0.1, -0.05) is 45.0 Å². The summed E-state index contributed by atoms with van der Waals surface area (Å²) >= 11 is -20.4. The minimum absolute atomic E-state index is 0.177. The number of rotatable bonds is 2. The first-order chi connectivity index (χ1) is 15.3. The summed E-state index contributed by atoms with van der Waals surface area (Å²) in [5.74, 6) is -0.337. The van der Waals surface area contributed by atoms with Crippen molar-refractivity contribution in [2.24, 2.45) is 0 Å². The van der Waals surface area contributed by atoms with Gasteiger partial charge in [-0.25, -0.2) is 0 Å². The molecule has 36 heavy (non-hydrogen) atoms. The average Bonchev–Trinajstić information content (AvgIpc) is 2.54. The minimum atomic E-state index is -11.2. The van der Waals surface area contributed by atoms with Gasteiger partial charge in [-0.3, -0.25) is 0 Å². The molecule has 208 valence electrons. The van der Waals surface area contributed by atoms with E-state index in [0.717, 1.165) is 5.56 Å². The van der Waals surface area contributed by atoms with Gasteiger partial charge in [0.25, 0.3) is 0 Å². The Morgan fingerprint density at radius 3 is 1.56 bits per heavy atom. The van der Waals surface area contributed by atoms with E-state index >= 15 is 0 Å². The van der Waals surface area contributed by atoms with Crippen LogP contribution in [-0.4, -0.2) is 46.1 Å². The van der Waals surface area contributed by atoms with Crippen LogP contribution in [0.3, 0.4) is 0 Å². The normalized spacial score (nSPS) is 15.3. The van der Waals surface area contributed by atoms with Gasteiger partial charge in [-0.15, -0.1) is 13.2 Å². The van der Waals surface area contributed by atoms with Gasteiger partial charge in [-0.2, -0.15) is 0 Å². The zero-order valence-corrected chi connectivity index (χ0v) is 23.1. The Balaban J connectivity index is 0.000000777. The van der Waals surface area contributed by atoms with Crippen molar-refractivity contribution in [3.05, 3.63) is 53.0 Å². The Labute approximate surface area is 201 Å².